The summed E-state index contributed by atoms with van der Waals surface area (Å²) >= 11 is 1.36. The minimum atomic E-state index is -3.81. The maximum absolute atomic E-state index is 13.8. The highest BCUT2D eigenvalue weighted by molar-refractivity contribution is 7.89. The van der Waals surface area contributed by atoms with Crippen LogP contribution in [-0.4, -0.2) is 44.7 Å². The summed E-state index contributed by atoms with van der Waals surface area (Å²) in [7, 11) is -2.25. The molecule has 1 aromatic heterocycles. The van der Waals surface area contributed by atoms with E-state index in [9.17, 15) is 18.0 Å². The number of methoxy groups -OCH3 is 1. The second-order valence-corrected chi connectivity index (χ2v) is 13.3. The van der Waals surface area contributed by atoms with Crippen molar-refractivity contribution in [3.8, 4) is 5.75 Å². The lowest BCUT2D eigenvalue weighted by molar-refractivity contribution is 0.102. The molecule has 0 saturated carbocycles. The molecule has 0 unspecified atom stereocenters. The number of piperidine rings is 1. The van der Waals surface area contributed by atoms with Gasteiger partial charge in [0.15, 0.2) is 0 Å². The number of ether oxygens (including phenoxy) is 1. The molecule has 1 saturated heterocycles. The standard InChI is InChI=1S/C29H32N6O5S2/c1-40-21-12-10-20(11-13-21)32-28(37)26-23-7-3-4-8-25(23)41-29(26)33-27(36)24-17-22(14-9-19(24)18-31-34-30)42(38,39)35-15-5-2-6-16-35/h9-14,17H,2-8,15-16,18H2,1H3,(H,32,37)(H,33,36). The van der Waals surface area contributed by atoms with Crippen molar-refractivity contribution < 1.29 is 22.7 Å². The van der Waals surface area contributed by atoms with Crippen molar-refractivity contribution in [2.75, 3.05) is 30.8 Å². The van der Waals surface area contributed by atoms with Crippen LogP contribution in [0.2, 0.25) is 0 Å². The quantitative estimate of drug-likeness (QED) is 0.170. The van der Waals surface area contributed by atoms with Crippen molar-refractivity contribution >= 4 is 43.9 Å². The number of hydrogen-bond donors (Lipinski definition) is 2. The molecule has 5 rings (SSSR count). The lowest BCUT2D eigenvalue weighted by Crippen LogP contribution is -2.35. The first-order valence-electron chi connectivity index (χ1n) is 13.9. The molecule has 2 amide bonds. The fourth-order valence-corrected chi connectivity index (χ4v) is 8.19. The average molecular weight is 609 g/mol. The number of thiophene rings is 1. The van der Waals surface area contributed by atoms with Gasteiger partial charge >= 0.3 is 0 Å². The third kappa shape index (κ3) is 6.29. The molecule has 0 bridgehead atoms. The van der Waals surface area contributed by atoms with Gasteiger partial charge < -0.3 is 15.4 Å². The Morgan fingerprint density at radius 1 is 1.00 bits per heavy atom. The van der Waals surface area contributed by atoms with Crippen molar-refractivity contribution in [2.24, 2.45) is 5.11 Å². The first-order chi connectivity index (χ1) is 20.3. The second kappa shape index (κ2) is 13.0. The molecule has 2 aromatic carbocycles. The molecule has 2 heterocycles. The minimum absolute atomic E-state index is 0.00202. The number of hydrogen-bond acceptors (Lipinski definition) is 7. The van der Waals surface area contributed by atoms with Crippen LogP contribution in [0.15, 0.2) is 52.5 Å². The van der Waals surface area contributed by atoms with E-state index in [4.69, 9.17) is 10.3 Å². The van der Waals surface area contributed by atoms with E-state index >= 15 is 0 Å². The molecule has 1 aliphatic carbocycles. The summed E-state index contributed by atoms with van der Waals surface area (Å²) in [6.45, 7) is 0.727. The predicted octanol–water partition coefficient (Wildman–Crippen LogP) is 6.13. The summed E-state index contributed by atoms with van der Waals surface area (Å²) in [6.07, 6.45) is 6.00. The van der Waals surface area contributed by atoms with Crippen molar-refractivity contribution in [1.82, 2.24) is 4.31 Å². The van der Waals surface area contributed by atoms with E-state index in [0.29, 0.717) is 40.7 Å². The zero-order chi connectivity index (χ0) is 29.7. The fraction of sp³-hybridized carbons (Fsp3) is 0.379. The molecule has 11 nitrogen and oxygen atoms in total. The van der Waals surface area contributed by atoms with Crippen molar-refractivity contribution in [3.63, 3.8) is 0 Å². The van der Waals surface area contributed by atoms with Crippen LogP contribution in [0, 0.1) is 0 Å². The van der Waals surface area contributed by atoms with Crippen LogP contribution in [0.1, 0.15) is 68.8 Å². The molecule has 1 fully saturated rings. The zero-order valence-corrected chi connectivity index (χ0v) is 24.9. The Labute approximate surface area is 248 Å². The van der Waals surface area contributed by atoms with Gasteiger partial charge in [-0.15, -0.1) is 11.3 Å². The number of sulfonamides is 1. The van der Waals surface area contributed by atoms with Crippen LogP contribution in [-0.2, 0) is 29.4 Å². The molecule has 1 aliphatic heterocycles. The maximum Gasteiger partial charge on any atom is 0.258 e. The topological polar surface area (TPSA) is 154 Å². The lowest BCUT2D eigenvalue weighted by atomic mass is 9.95. The number of amides is 2. The van der Waals surface area contributed by atoms with Crippen LogP contribution in [0.25, 0.3) is 10.4 Å². The Morgan fingerprint density at radius 2 is 1.74 bits per heavy atom. The summed E-state index contributed by atoms with van der Waals surface area (Å²) in [6, 6.07) is 11.3. The van der Waals surface area contributed by atoms with Gasteiger partial charge in [-0.2, -0.15) is 4.31 Å². The third-order valence-electron chi connectivity index (χ3n) is 7.56. The normalized spacial score (nSPS) is 15.3. The van der Waals surface area contributed by atoms with Gasteiger partial charge in [-0.1, -0.05) is 17.6 Å². The summed E-state index contributed by atoms with van der Waals surface area (Å²) in [5.74, 6) is -0.258. The van der Waals surface area contributed by atoms with Crippen molar-refractivity contribution in [1.29, 1.82) is 0 Å². The summed E-state index contributed by atoms with van der Waals surface area (Å²) in [4.78, 5) is 31.2. The SMILES string of the molecule is COc1ccc(NC(=O)c2c(NC(=O)c3cc(S(=O)(=O)N4CCCCC4)ccc3CN=[N+]=[N-])sc3c2CCCC3)cc1. The van der Waals surface area contributed by atoms with Gasteiger partial charge in [-0.05, 0) is 91.6 Å². The van der Waals surface area contributed by atoms with Crippen molar-refractivity contribution in [2.45, 2.75) is 56.4 Å². The minimum Gasteiger partial charge on any atom is -0.497 e. The van der Waals surface area contributed by atoms with Gasteiger partial charge in [0.05, 0.1) is 24.1 Å². The number of aryl methyl sites for hydroxylation is 1. The predicted molar refractivity (Wildman–Crippen MR) is 162 cm³/mol. The van der Waals surface area contributed by atoms with E-state index in [2.05, 4.69) is 20.7 Å². The van der Waals surface area contributed by atoms with Gasteiger partial charge in [0.2, 0.25) is 10.0 Å². The van der Waals surface area contributed by atoms with E-state index in [-0.39, 0.29) is 22.9 Å². The molecule has 42 heavy (non-hydrogen) atoms. The van der Waals surface area contributed by atoms with Crippen LogP contribution < -0.4 is 15.4 Å². The highest BCUT2D eigenvalue weighted by Crippen LogP contribution is 2.39. The molecule has 2 N–H and O–H groups in total. The van der Waals surface area contributed by atoms with E-state index < -0.39 is 15.9 Å². The number of rotatable bonds is 9. The fourth-order valence-electron chi connectivity index (χ4n) is 5.36. The molecule has 2 aliphatic rings. The number of carbonyl (C=O) groups is 2. The number of nitrogens with zero attached hydrogens (tertiary/aromatic N) is 4. The largest absolute Gasteiger partial charge is 0.497 e. The van der Waals surface area contributed by atoms with Crippen LogP contribution >= 0.6 is 11.3 Å². The molecule has 3 aromatic rings. The molecule has 0 atom stereocenters. The smallest absolute Gasteiger partial charge is 0.258 e. The molecule has 220 valence electrons. The van der Waals surface area contributed by atoms with Crippen molar-refractivity contribution in [3.05, 3.63) is 80.0 Å². The molecular weight excluding hydrogens is 576 g/mol. The number of azide groups is 1. The highest BCUT2D eigenvalue weighted by atomic mass is 32.2. The number of anilines is 2. The van der Waals surface area contributed by atoms with Crippen LogP contribution in [0.4, 0.5) is 10.7 Å². The Balaban J connectivity index is 1.48. The van der Waals surface area contributed by atoms with E-state index in [0.717, 1.165) is 55.4 Å². The Kier molecular flexibility index (Phi) is 9.12. The van der Waals surface area contributed by atoms with E-state index in [1.54, 1.807) is 31.4 Å². The molecular formula is C29H32N6O5S2. The number of fused-ring (bicyclic) bond motifs is 1. The van der Waals surface area contributed by atoms with E-state index in [1.165, 1.54) is 33.8 Å². The first-order valence-corrected chi connectivity index (χ1v) is 16.1. The van der Waals surface area contributed by atoms with Gasteiger partial charge in [-0.3, -0.25) is 9.59 Å². The highest BCUT2D eigenvalue weighted by Gasteiger charge is 2.30. The average Bonchev–Trinajstić information content (AvgIpc) is 3.38. The molecule has 13 heteroatoms. The Bertz CT molecular complexity index is 1640. The Hall–Kier alpha value is -3.90. The van der Waals surface area contributed by atoms with Gasteiger partial charge in [0.25, 0.3) is 11.8 Å². The Morgan fingerprint density at radius 3 is 2.45 bits per heavy atom. The monoisotopic (exact) mass is 608 g/mol. The van der Waals surface area contributed by atoms with Gasteiger partial charge in [0, 0.05) is 34.1 Å². The van der Waals surface area contributed by atoms with E-state index in [1.807, 2.05) is 0 Å². The number of carbonyl (C=O) groups excluding carboxylic acids is 2. The zero-order valence-electron chi connectivity index (χ0n) is 23.3. The maximum atomic E-state index is 13.8. The number of nitrogens with one attached hydrogen (secondary N) is 2. The lowest BCUT2D eigenvalue weighted by Gasteiger charge is -2.26. The summed E-state index contributed by atoms with van der Waals surface area (Å²) in [5.41, 5.74) is 11.3. The van der Waals surface area contributed by atoms with Crippen LogP contribution in [0.3, 0.4) is 0 Å². The molecule has 0 radical (unpaired) electrons. The second-order valence-electron chi connectivity index (χ2n) is 10.2. The first kappa shape index (κ1) is 29.6. The number of benzene rings is 2. The third-order valence-corrected chi connectivity index (χ3v) is 10.7. The van der Waals surface area contributed by atoms with Gasteiger partial charge in [-0.25, -0.2) is 8.42 Å². The summed E-state index contributed by atoms with van der Waals surface area (Å²) < 4.78 is 33.4. The van der Waals surface area contributed by atoms with Crippen LogP contribution in [0.5, 0.6) is 5.75 Å². The molecule has 0 spiro atoms. The summed E-state index contributed by atoms with van der Waals surface area (Å²) in [5, 5.41) is 9.83. The van der Waals surface area contributed by atoms with Gasteiger partial charge in [0.1, 0.15) is 10.8 Å².